The Kier molecular flexibility index (Phi) is 1.51. The van der Waals surface area contributed by atoms with E-state index in [-0.39, 0.29) is 11.1 Å². The predicted molar refractivity (Wildman–Crippen MR) is 44.6 cm³/mol. The van der Waals surface area contributed by atoms with Crippen molar-refractivity contribution in [1.82, 2.24) is 9.97 Å². The van der Waals surface area contributed by atoms with E-state index < -0.39 is 11.7 Å². The second kappa shape index (κ2) is 2.55. The number of carbonyl (C=O) groups is 1. The second-order valence-electron chi connectivity index (χ2n) is 2.59. The molecule has 1 amide bonds. The second-order valence-corrected chi connectivity index (χ2v) is 2.59. The summed E-state index contributed by atoms with van der Waals surface area (Å²) in [5.41, 5.74) is 5.80. The molecule has 0 saturated carbocycles. The number of carbonyl (C=O) groups excluding carboxylic acids is 1. The average molecular weight is 179 g/mol. The van der Waals surface area contributed by atoms with Crippen molar-refractivity contribution in [2.24, 2.45) is 5.73 Å². The SMILES string of the molecule is NC(=O)c1ccc(F)c2nc[nH]c12. The van der Waals surface area contributed by atoms with E-state index in [0.29, 0.717) is 5.52 Å². The minimum atomic E-state index is -0.603. The highest BCUT2D eigenvalue weighted by atomic mass is 19.1. The number of halogens is 1. The maximum atomic E-state index is 13.0. The molecular formula is C8H6FN3O. The third-order valence-electron chi connectivity index (χ3n) is 1.80. The molecule has 1 heterocycles. The quantitative estimate of drug-likeness (QED) is 0.679. The van der Waals surface area contributed by atoms with Gasteiger partial charge in [0, 0.05) is 0 Å². The number of nitrogens with zero attached hydrogens (tertiary/aromatic N) is 1. The number of nitrogens with one attached hydrogen (secondary N) is 1. The number of rotatable bonds is 1. The molecule has 0 aliphatic heterocycles. The molecule has 5 heteroatoms. The van der Waals surface area contributed by atoms with E-state index in [1.165, 1.54) is 18.5 Å². The van der Waals surface area contributed by atoms with Gasteiger partial charge in [-0.1, -0.05) is 0 Å². The van der Waals surface area contributed by atoms with Crippen molar-refractivity contribution in [3.63, 3.8) is 0 Å². The summed E-state index contributed by atoms with van der Waals surface area (Å²) >= 11 is 0. The summed E-state index contributed by atoms with van der Waals surface area (Å²) in [6.07, 6.45) is 1.32. The van der Waals surface area contributed by atoms with Crippen LogP contribution in [0.5, 0.6) is 0 Å². The van der Waals surface area contributed by atoms with Crippen LogP contribution in [0, 0.1) is 5.82 Å². The Balaban J connectivity index is 2.86. The van der Waals surface area contributed by atoms with Crippen molar-refractivity contribution in [2.45, 2.75) is 0 Å². The first-order valence-electron chi connectivity index (χ1n) is 3.61. The molecule has 0 aliphatic carbocycles. The van der Waals surface area contributed by atoms with Crippen molar-refractivity contribution >= 4 is 16.9 Å². The number of imidazole rings is 1. The molecule has 0 unspecified atom stereocenters. The number of hydrogen-bond donors (Lipinski definition) is 2. The average Bonchev–Trinajstić information content (AvgIpc) is 2.53. The molecule has 0 radical (unpaired) electrons. The zero-order valence-corrected chi connectivity index (χ0v) is 6.54. The van der Waals surface area contributed by atoms with Crippen LogP contribution in [0.4, 0.5) is 4.39 Å². The van der Waals surface area contributed by atoms with E-state index in [1.807, 2.05) is 0 Å². The lowest BCUT2D eigenvalue weighted by Crippen LogP contribution is -2.11. The van der Waals surface area contributed by atoms with Crippen LogP contribution in [-0.4, -0.2) is 15.9 Å². The molecule has 0 spiro atoms. The fourth-order valence-electron chi connectivity index (χ4n) is 1.20. The van der Waals surface area contributed by atoms with Gasteiger partial charge >= 0.3 is 0 Å². The number of primary amides is 1. The fraction of sp³-hybridized carbons (Fsp3) is 0. The van der Waals surface area contributed by atoms with Gasteiger partial charge in [-0.05, 0) is 12.1 Å². The molecule has 0 fully saturated rings. The fourth-order valence-corrected chi connectivity index (χ4v) is 1.20. The van der Waals surface area contributed by atoms with Crippen molar-refractivity contribution in [1.29, 1.82) is 0 Å². The monoisotopic (exact) mass is 179 g/mol. The molecule has 0 atom stereocenters. The lowest BCUT2D eigenvalue weighted by Gasteiger charge is -1.97. The molecule has 2 rings (SSSR count). The van der Waals surface area contributed by atoms with E-state index in [2.05, 4.69) is 9.97 Å². The minimum absolute atomic E-state index is 0.135. The summed E-state index contributed by atoms with van der Waals surface area (Å²) in [4.78, 5) is 17.3. The van der Waals surface area contributed by atoms with Crippen LogP contribution in [0.25, 0.3) is 11.0 Å². The Morgan fingerprint density at radius 2 is 2.31 bits per heavy atom. The van der Waals surface area contributed by atoms with Crippen LogP contribution < -0.4 is 5.73 Å². The Labute approximate surface area is 72.6 Å². The van der Waals surface area contributed by atoms with E-state index in [0.717, 1.165) is 0 Å². The molecule has 1 aromatic heterocycles. The Bertz CT molecular complexity index is 477. The van der Waals surface area contributed by atoms with E-state index in [1.54, 1.807) is 0 Å². The van der Waals surface area contributed by atoms with Crippen LogP contribution in [0.3, 0.4) is 0 Å². The molecular weight excluding hydrogens is 173 g/mol. The molecule has 66 valence electrons. The van der Waals surface area contributed by atoms with Gasteiger partial charge in [-0.3, -0.25) is 4.79 Å². The number of nitrogens with two attached hydrogens (primary N) is 1. The highest BCUT2D eigenvalue weighted by Crippen LogP contribution is 2.17. The number of aromatic nitrogens is 2. The standard InChI is InChI=1S/C8H6FN3O/c9-5-2-1-4(8(10)13)6-7(5)12-3-11-6/h1-3H,(H2,10,13)(H,11,12). The van der Waals surface area contributed by atoms with Crippen LogP contribution >= 0.6 is 0 Å². The Morgan fingerprint density at radius 1 is 1.54 bits per heavy atom. The first kappa shape index (κ1) is 7.72. The highest BCUT2D eigenvalue weighted by Gasteiger charge is 2.11. The van der Waals surface area contributed by atoms with Crippen molar-refractivity contribution < 1.29 is 9.18 Å². The zero-order chi connectivity index (χ0) is 9.42. The molecule has 1 aromatic carbocycles. The van der Waals surface area contributed by atoms with Gasteiger partial charge in [0.25, 0.3) is 5.91 Å². The number of amides is 1. The highest BCUT2D eigenvalue weighted by molar-refractivity contribution is 6.03. The Hall–Kier alpha value is -1.91. The van der Waals surface area contributed by atoms with Crippen molar-refractivity contribution in [2.75, 3.05) is 0 Å². The smallest absolute Gasteiger partial charge is 0.250 e. The third-order valence-corrected chi connectivity index (χ3v) is 1.80. The minimum Gasteiger partial charge on any atom is -0.366 e. The lowest BCUT2D eigenvalue weighted by atomic mass is 10.1. The number of hydrogen-bond acceptors (Lipinski definition) is 2. The lowest BCUT2D eigenvalue weighted by molar-refractivity contribution is 0.100. The summed E-state index contributed by atoms with van der Waals surface area (Å²) in [7, 11) is 0. The predicted octanol–water partition coefficient (Wildman–Crippen LogP) is 0.801. The third kappa shape index (κ3) is 1.05. The van der Waals surface area contributed by atoms with Gasteiger partial charge in [0.1, 0.15) is 5.52 Å². The first-order valence-corrected chi connectivity index (χ1v) is 3.61. The van der Waals surface area contributed by atoms with Gasteiger partial charge in [0.05, 0.1) is 17.4 Å². The molecule has 2 aromatic rings. The summed E-state index contributed by atoms with van der Waals surface area (Å²) in [6, 6.07) is 2.50. The van der Waals surface area contributed by atoms with Gasteiger partial charge in [-0.25, -0.2) is 9.37 Å². The molecule has 3 N–H and O–H groups in total. The van der Waals surface area contributed by atoms with Crippen LogP contribution in [-0.2, 0) is 0 Å². The van der Waals surface area contributed by atoms with Crippen LogP contribution in [0.15, 0.2) is 18.5 Å². The number of aromatic amines is 1. The number of H-pyrrole nitrogens is 1. The van der Waals surface area contributed by atoms with Gasteiger partial charge in [-0.15, -0.1) is 0 Å². The van der Waals surface area contributed by atoms with E-state index >= 15 is 0 Å². The van der Waals surface area contributed by atoms with E-state index in [4.69, 9.17) is 5.73 Å². The summed E-state index contributed by atoms with van der Waals surface area (Å²) in [5, 5.41) is 0. The zero-order valence-electron chi connectivity index (χ0n) is 6.54. The number of fused-ring (bicyclic) bond motifs is 1. The summed E-state index contributed by atoms with van der Waals surface area (Å²) < 4.78 is 13.0. The Morgan fingerprint density at radius 3 is 3.00 bits per heavy atom. The molecule has 0 bridgehead atoms. The maximum absolute atomic E-state index is 13.0. The maximum Gasteiger partial charge on any atom is 0.250 e. The van der Waals surface area contributed by atoms with Gasteiger partial charge < -0.3 is 10.7 Å². The van der Waals surface area contributed by atoms with Gasteiger partial charge in [0.2, 0.25) is 0 Å². The van der Waals surface area contributed by atoms with Gasteiger partial charge in [0.15, 0.2) is 5.82 Å². The normalized spacial score (nSPS) is 10.5. The first-order chi connectivity index (χ1) is 6.20. The largest absolute Gasteiger partial charge is 0.366 e. The molecule has 0 aliphatic rings. The topological polar surface area (TPSA) is 71.8 Å². The molecule has 13 heavy (non-hydrogen) atoms. The van der Waals surface area contributed by atoms with Crippen LogP contribution in [0.2, 0.25) is 0 Å². The van der Waals surface area contributed by atoms with Gasteiger partial charge in [-0.2, -0.15) is 0 Å². The molecule has 0 saturated heterocycles. The number of benzene rings is 1. The summed E-state index contributed by atoms with van der Waals surface area (Å²) in [6.45, 7) is 0. The van der Waals surface area contributed by atoms with Crippen molar-refractivity contribution in [3.05, 3.63) is 29.8 Å². The molecule has 4 nitrogen and oxygen atoms in total. The van der Waals surface area contributed by atoms with E-state index in [9.17, 15) is 9.18 Å². The van der Waals surface area contributed by atoms with Crippen molar-refractivity contribution in [3.8, 4) is 0 Å². The summed E-state index contributed by atoms with van der Waals surface area (Å²) in [5.74, 6) is -1.07. The van der Waals surface area contributed by atoms with Crippen LogP contribution in [0.1, 0.15) is 10.4 Å².